The molecule has 0 aromatic rings. The first-order valence-corrected chi connectivity index (χ1v) is 3.58. The Morgan fingerprint density at radius 2 is 2.00 bits per heavy atom. The van der Waals surface area contributed by atoms with E-state index in [1.807, 2.05) is 6.92 Å². The monoisotopic (exact) mass is 147 g/mol. The van der Waals surface area contributed by atoms with E-state index in [0.717, 1.165) is 6.42 Å². The van der Waals surface area contributed by atoms with Gasteiger partial charge in [0.05, 0.1) is 13.7 Å². The minimum atomic E-state index is 0.246. The minimum absolute atomic E-state index is 0.246. The predicted octanol–water partition coefficient (Wildman–Crippen LogP) is 0.938. The molecule has 0 aromatic heterocycles. The zero-order chi connectivity index (χ0) is 7.98. The van der Waals surface area contributed by atoms with E-state index in [2.05, 4.69) is 11.8 Å². The Balaban J connectivity index is 3.16. The summed E-state index contributed by atoms with van der Waals surface area (Å²) in [4.78, 5) is 9.19. The molecular weight excluding hydrogens is 130 g/mol. The lowest BCUT2D eigenvalue weighted by atomic mass is 10.1. The van der Waals surface area contributed by atoms with Gasteiger partial charge in [0.1, 0.15) is 0 Å². The molecule has 0 spiro atoms. The van der Waals surface area contributed by atoms with Crippen molar-refractivity contribution in [3.05, 3.63) is 0 Å². The Morgan fingerprint density at radius 1 is 1.40 bits per heavy atom. The molecule has 0 aliphatic rings. The highest BCUT2D eigenvalue weighted by Crippen LogP contribution is 2.04. The molecule has 62 valence electrons. The Morgan fingerprint density at radius 3 is 2.40 bits per heavy atom. The van der Waals surface area contributed by atoms with Gasteiger partial charge in [0.25, 0.3) is 0 Å². The van der Waals surface area contributed by atoms with E-state index < -0.39 is 0 Å². The largest absolute Gasteiger partial charge is 0.328 e. The SMILES string of the molecule is COOCC(C)CC(C)N. The highest BCUT2D eigenvalue weighted by Gasteiger charge is 2.04. The molecule has 0 fully saturated rings. The van der Waals surface area contributed by atoms with Gasteiger partial charge in [0.2, 0.25) is 0 Å². The third-order valence-corrected chi connectivity index (χ3v) is 1.24. The lowest BCUT2D eigenvalue weighted by molar-refractivity contribution is -0.279. The number of nitrogens with two attached hydrogens (primary N) is 1. The molecule has 2 N–H and O–H groups in total. The summed E-state index contributed by atoms with van der Waals surface area (Å²) in [6.07, 6.45) is 0.976. The smallest absolute Gasteiger partial charge is 0.0848 e. The summed E-state index contributed by atoms with van der Waals surface area (Å²) in [7, 11) is 1.51. The van der Waals surface area contributed by atoms with Gasteiger partial charge in [-0.05, 0) is 19.3 Å². The van der Waals surface area contributed by atoms with Crippen LogP contribution in [0.25, 0.3) is 0 Å². The van der Waals surface area contributed by atoms with Gasteiger partial charge in [-0.15, -0.1) is 0 Å². The van der Waals surface area contributed by atoms with Gasteiger partial charge in [0, 0.05) is 6.04 Å². The molecule has 0 aliphatic carbocycles. The van der Waals surface area contributed by atoms with Crippen LogP contribution in [0.1, 0.15) is 20.3 Å². The summed E-state index contributed by atoms with van der Waals surface area (Å²) >= 11 is 0. The van der Waals surface area contributed by atoms with Crippen LogP contribution >= 0.6 is 0 Å². The van der Waals surface area contributed by atoms with Gasteiger partial charge in [-0.1, -0.05) is 6.92 Å². The average molecular weight is 147 g/mol. The predicted molar refractivity (Wildman–Crippen MR) is 40.4 cm³/mol. The maximum atomic E-state index is 5.57. The Bertz CT molecular complexity index is 76.0. The van der Waals surface area contributed by atoms with Crippen LogP contribution in [0.2, 0.25) is 0 Å². The van der Waals surface area contributed by atoms with E-state index in [4.69, 9.17) is 10.6 Å². The van der Waals surface area contributed by atoms with Crippen molar-refractivity contribution in [3.8, 4) is 0 Å². The maximum Gasteiger partial charge on any atom is 0.0848 e. The Labute approximate surface area is 62.4 Å². The Kier molecular flexibility index (Phi) is 5.58. The second kappa shape index (κ2) is 5.65. The van der Waals surface area contributed by atoms with Crippen LogP contribution in [0.15, 0.2) is 0 Å². The summed E-state index contributed by atoms with van der Waals surface area (Å²) in [6.45, 7) is 4.70. The van der Waals surface area contributed by atoms with Crippen LogP contribution in [0.3, 0.4) is 0 Å². The first kappa shape index (κ1) is 9.88. The fraction of sp³-hybridized carbons (Fsp3) is 1.00. The molecule has 0 bridgehead atoms. The summed E-state index contributed by atoms with van der Waals surface area (Å²) in [5, 5.41) is 0. The molecule has 10 heavy (non-hydrogen) atoms. The first-order chi connectivity index (χ1) is 4.66. The van der Waals surface area contributed by atoms with E-state index in [1.165, 1.54) is 7.11 Å². The first-order valence-electron chi connectivity index (χ1n) is 3.58. The third-order valence-electron chi connectivity index (χ3n) is 1.24. The fourth-order valence-electron chi connectivity index (χ4n) is 0.887. The van der Waals surface area contributed by atoms with E-state index in [0.29, 0.717) is 12.5 Å². The molecule has 0 rings (SSSR count). The molecule has 2 atom stereocenters. The maximum absolute atomic E-state index is 5.57. The van der Waals surface area contributed by atoms with Gasteiger partial charge in [0.15, 0.2) is 0 Å². The number of hydrogen-bond acceptors (Lipinski definition) is 3. The van der Waals surface area contributed by atoms with Crippen LogP contribution in [-0.4, -0.2) is 19.8 Å². The van der Waals surface area contributed by atoms with Crippen LogP contribution < -0.4 is 5.73 Å². The van der Waals surface area contributed by atoms with Crippen molar-refractivity contribution in [2.75, 3.05) is 13.7 Å². The lowest BCUT2D eigenvalue weighted by Gasteiger charge is -2.11. The zero-order valence-corrected chi connectivity index (χ0v) is 6.96. The van der Waals surface area contributed by atoms with E-state index in [9.17, 15) is 0 Å². The van der Waals surface area contributed by atoms with Crippen LogP contribution in [0.5, 0.6) is 0 Å². The molecule has 0 aliphatic heterocycles. The molecule has 0 aromatic carbocycles. The summed E-state index contributed by atoms with van der Waals surface area (Å²) in [5.41, 5.74) is 5.57. The van der Waals surface area contributed by atoms with Crippen molar-refractivity contribution in [2.24, 2.45) is 11.7 Å². The zero-order valence-electron chi connectivity index (χ0n) is 6.96. The molecule has 0 amide bonds. The van der Waals surface area contributed by atoms with E-state index in [-0.39, 0.29) is 6.04 Å². The van der Waals surface area contributed by atoms with Crippen LogP contribution in [0.4, 0.5) is 0 Å². The summed E-state index contributed by atoms with van der Waals surface area (Å²) < 4.78 is 0. The van der Waals surface area contributed by atoms with Crippen LogP contribution in [-0.2, 0) is 9.78 Å². The summed E-state index contributed by atoms with van der Waals surface area (Å²) in [6, 6.07) is 0.246. The highest BCUT2D eigenvalue weighted by atomic mass is 17.2. The van der Waals surface area contributed by atoms with Crippen molar-refractivity contribution in [1.82, 2.24) is 0 Å². The topological polar surface area (TPSA) is 44.5 Å². The van der Waals surface area contributed by atoms with Gasteiger partial charge < -0.3 is 5.73 Å². The van der Waals surface area contributed by atoms with E-state index in [1.54, 1.807) is 0 Å². The second-order valence-corrected chi connectivity index (χ2v) is 2.77. The Hall–Kier alpha value is -0.120. The van der Waals surface area contributed by atoms with Crippen molar-refractivity contribution < 1.29 is 9.78 Å². The van der Waals surface area contributed by atoms with Crippen molar-refractivity contribution in [2.45, 2.75) is 26.3 Å². The molecule has 3 heteroatoms. The molecule has 0 saturated heterocycles. The average Bonchev–Trinajstić information content (AvgIpc) is 1.82. The normalized spacial score (nSPS) is 16.8. The van der Waals surface area contributed by atoms with Crippen molar-refractivity contribution >= 4 is 0 Å². The van der Waals surface area contributed by atoms with E-state index >= 15 is 0 Å². The van der Waals surface area contributed by atoms with Crippen molar-refractivity contribution in [3.63, 3.8) is 0 Å². The molecular formula is C7H17NO2. The summed E-state index contributed by atoms with van der Waals surface area (Å²) in [5.74, 6) is 0.472. The second-order valence-electron chi connectivity index (χ2n) is 2.77. The molecule has 0 heterocycles. The molecule has 0 saturated carbocycles. The quantitative estimate of drug-likeness (QED) is 0.465. The molecule has 3 nitrogen and oxygen atoms in total. The lowest BCUT2D eigenvalue weighted by Crippen LogP contribution is -2.20. The number of hydrogen-bond donors (Lipinski definition) is 1. The van der Waals surface area contributed by atoms with Gasteiger partial charge in [-0.2, -0.15) is 0 Å². The van der Waals surface area contributed by atoms with Gasteiger partial charge in [-0.25, -0.2) is 9.78 Å². The van der Waals surface area contributed by atoms with Crippen LogP contribution in [0, 0.1) is 5.92 Å². The highest BCUT2D eigenvalue weighted by molar-refractivity contribution is 4.58. The standard InChI is InChI=1S/C7H17NO2/c1-6(4-7(2)8)5-10-9-3/h6-7H,4-5,8H2,1-3H3. The number of rotatable bonds is 5. The minimum Gasteiger partial charge on any atom is -0.328 e. The molecule has 2 unspecified atom stereocenters. The van der Waals surface area contributed by atoms with Gasteiger partial charge >= 0.3 is 0 Å². The fourth-order valence-corrected chi connectivity index (χ4v) is 0.887. The van der Waals surface area contributed by atoms with Gasteiger partial charge in [-0.3, -0.25) is 0 Å². The molecule has 0 radical (unpaired) electrons. The third kappa shape index (κ3) is 6.01. The van der Waals surface area contributed by atoms with Crippen molar-refractivity contribution in [1.29, 1.82) is 0 Å².